The lowest BCUT2D eigenvalue weighted by Gasteiger charge is -2.09. The van der Waals surface area contributed by atoms with Gasteiger partial charge in [0.2, 0.25) is 0 Å². The lowest BCUT2D eigenvalue weighted by molar-refractivity contribution is -0.0927. The molecule has 0 unspecified atom stereocenters. The van der Waals surface area contributed by atoms with Gasteiger partial charge in [0.15, 0.2) is 0 Å². The third-order valence-electron chi connectivity index (χ3n) is 3.29. The highest BCUT2D eigenvalue weighted by Gasteiger charge is 2.32. The zero-order chi connectivity index (χ0) is 15.8. The number of allylic oxidation sites excluding steroid dienone is 1. The van der Waals surface area contributed by atoms with E-state index in [9.17, 15) is 13.2 Å². The molecule has 0 radical (unpaired) electrons. The number of hydrogen-bond acceptors (Lipinski definition) is 0. The van der Waals surface area contributed by atoms with Crippen LogP contribution in [0.3, 0.4) is 0 Å². The molecule has 0 saturated heterocycles. The van der Waals surface area contributed by atoms with Crippen molar-refractivity contribution in [3.8, 4) is 0 Å². The summed E-state index contributed by atoms with van der Waals surface area (Å²) in [5.74, 6) is 0.415. The van der Waals surface area contributed by atoms with Crippen LogP contribution in [-0.2, 0) is 13.0 Å². The van der Waals surface area contributed by atoms with Crippen LogP contribution in [0, 0.1) is 5.92 Å². The second-order valence-electron chi connectivity index (χ2n) is 5.64. The molecule has 2 aromatic rings. The Balaban J connectivity index is 2.47. The Morgan fingerprint density at radius 1 is 1.33 bits per heavy atom. The maximum absolute atomic E-state index is 12.7. The Labute approximate surface area is 130 Å². The van der Waals surface area contributed by atoms with E-state index in [-0.39, 0.29) is 6.42 Å². The first kappa shape index (κ1) is 16.1. The Morgan fingerprint density at radius 3 is 2.57 bits per heavy atom. The van der Waals surface area contributed by atoms with Crippen LogP contribution in [0.1, 0.15) is 19.4 Å². The first-order valence-corrected chi connectivity index (χ1v) is 7.50. The average molecular weight is 360 g/mol. The molecule has 0 aliphatic carbocycles. The highest BCUT2D eigenvalue weighted by Crippen LogP contribution is 2.32. The fourth-order valence-electron chi connectivity index (χ4n) is 2.36. The van der Waals surface area contributed by atoms with Crippen molar-refractivity contribution in [2.75, 3.05) is 0 Å². The molecule has 0 saturated carbocycles. The molecule has 21 heavy (non-hydrogen) atoms. The highest BCUT2D eigenvalue weighted by molar-refractivity contribution is 9.10. The Morgan fingerprint density at radius 2 is 2.00 bits per heavy atom. The summed E-state index contributed by atoms with van der Waals surface area (Å²) < 4.78 is 41.0. The van der Waals surface area contributed by atoms with Crippen LogP contribution in [0.15, 0.2) is 41.0 Å². The van der Waals surface area contributed by atoms with Crippen molar-refractivity contribution >= 4 is 26.8 Å². The number of halogens is 4. The molecule has 1 aromatic heterocycles. The van der Waals surface area contributed by atoms with Crippen molar-refractivity contribution < 1.29 is 13.2 Å². The molecule has 1 heterocycles. The molecule has 5 heteroatoms. The fraction of sp³-hybridized carbons (Fsp3) is 0.375. The van der Waals surface area contributed by atoms with Crippen LogP contribution in [0.5, 0.6) is 0 Å². The molecular weight excluding hydrogens is 343 g/mol. The second-order valence-corrected chi connectivity index (χ2v) is 6.56. The standard InChI is InChI=1S/C16H17BrF3N/c1-10(2)8-21-9-12(6-11(3)16(18,19)20)14-5-4-13(17)7-15(14)21/h4-5,7,9-10H,3,6,8H2,1-2H3. The predicted molar refractivity (Wildman–Crippen MR) is 83.4 cm³/mol. The van der Waals surface area contributed by atoms with Gasteiger partial charge in [-0.15, -0.1) is 0 Å². The molecule has 0 aliphatic rings. The van der Waals surface area contributed by atoms with Crippen LogP contribution < -0.4 is 0 Å². The van der Waals surface area contributed by atoms with Crippen molar-refractivity contribution in [2.24, 2.45) is 5.92 Å². The smallest absolute Gasteiger partial charge is 0.347 e. The van der Waals surface area contributed by atoms with Crippen LogP contribution in [0.25, 0.3) is 10.9 Å². The molecule has 114 valence electrons. The highest BCUT2D eigenvalue weighted by atomic mass is 79.9. The monoisotopic (exact) mass is 359 g/mol. The van der Waals surface area contributed by atoms with Crippen molar-refractivity contribution in [1.29, 1.82) is 0 Å². The zero-order valence-corrected chi connectivity index (χ0v) is 13.6. The summed E-state index contributed by atoms with van der Waals surface area (Å²) in [7, 11) is 0. The molecule has 1 aromatic carbocycles. The lowest BCUT2D eigenvalue weighted by Crippen LogP contribution is -2.12. The maximum atomic E-state index is 12.7. The minimum atomic E-state index is -4.35. The van der Waals surface area contributed by atoms with E-state index in [1.165, 1.54) is 0 Å². The Kier molecular flexibility index (Phi) is 4.51. The Hall–Kier alpha value is -1.23. The van der Waals surface area contributed by atoms with E-state index in [0.717, 1.165) is 21.9 Å². The van der Waals surface area contributed by atoms with Crippen LogP contribution in [-0.4, -0.2) is 10.7 Å². The molecule has 0 spiro atoms. The average Bonchev–Trinajstić information content (AvgIpc) is 2.65. The SMILES string of the molecule is C=C(Cc1cn(CC(C)C)c2cc(Br)ccc12)C(F)(F)F. The molecule has 0 fully saturated rings. The third-order valence-corrected chi connectivity index (χ3v) is 3.79. The van der Waals surface area contributed by atoms with Gasteiger partial charge in [-0.3, -0.25) is 0 Å². The largest absolute Gasteiger partial charge is 0.412 e. The molecule has 0 bridgehead atoms. The number of alkyl halides is 3. The van der Waals surface area contributed by atoms with E-state index in [1.54, 1.807) is 0 Å². The summed E-state index contributed by atoms with van der Waals surface area (Å²) in [6, 6.07) is 5.65. The van der Waals surface area contributed by atoms with E-state index >= 15 is 0 Å². The van der Waals surface area contributed by atoms with Gasteiger partial charge in [0.25, 0.3) is 0 Å². The van der Waals surface area contributed by atoms with Gasteiger partial charge in [-0.1, -0.05) is 42.4 Å². The topological polar surface area (TPSA) is 4.93 Å². The predicted octanol–water partition coefficient (Wildman–Crippen LogP) is 5.72. The molecule has 0 N–H and O–H groups in total. The van der Waals surface area contributed by atoms with E-state index in [1.807, 2.05) is 29.0 Å². The minimum Gasteiger partial charge on any atom is -0.347 e. The summed E-state index contributed by atoms with van der Waals surface area (Å²) in [6.07, 6.45) is -2.71. The van der Waals surface area contributed by atoms with Gasteiger partial charge in [0.1, 0.15) is 0 Å². The van der Waals surface area contributed by atoms with Gasteiger partial charge in [0.05, 0.1) is 0 Å². The Bertz CT molecular complexity index is 668. The molecule has 0 amide bonds. The molecular formula is C16H17BrF3N. The van der Waals surface area contributed by atoms with Crippen molar-refractivity contribution in [2.45, 2.75) is 33.0 Å². The summed E-state index contributed by atoms with van der Waals surface area (Å²) in [5, 5.41) is 0.851. The fourth-order valence-corrected chi connectivity index (χ4v) is 2.71. The van der Waals surface area contributed by atoms with Gasteiger partial charge < -0.3 is 4.57 Å². The van der Waals surface area contributed by atoms with E-state index in [2.05, 4.69) is 36.4 Å². The first-order valence-electron chi connectivity index (χ1n) is 6.70. The number of rotatable bonds is 4. The van der Waals surface area contributed by atoms with Crippen LogP contribution >= 0.6 is 15.9 Å². The van der Waals surface area contributed by atoms with Gasteiger partial charge in [-0.05, 0) is 23.6 Å². The van der Waals surface area contributed by atoms with Crippen molar-refractivity contribution in [1.82, 2.24) is 4.57 Å². The van der Waals surface area contributed by atoms with Gasteiger partial charge >= 0.3 is 6.18 Å². The minimum absolute atomic E-state index is 0.174. The zero-order valence-electron chi connectivity index (χ0n) is 12.0. The third kappa shape index (κ3) is 3.70. The quantitative estimate of drug-likeness (QED) is 0.615. The summed E-state index contributed by atoms with van der Waals surface area (Å²) in [6.45, 7) is 8.10. The van der Waals surface area contributed by atoms with E-state index < -0.39 is 11.7 Å². The summed E-state index contributed by atoms with van der Waals surface area (Å²) in [4.78, 5) is 0. The molecule has 0 aliphatic heterocycles. The van der Waals surface area contributed by atoms with Gasteiger partial charge in [0, 0.05) is 40.1 Å². The van der Waals surface area contributed by atoms with Gasteiger partial charge in [-0.25, -0.2) is 0 Å². The van der Waals surface area contributed by atoms with Gasteiger partial charge in [-0.2, -0.15) is 13.2 Å². The maximum Gasteiger partial charge on any atom is 0.412 e. The van der Waals surface area contributed by atoms with Crippen LogP contribution in [0.2, 0.25) is 0 Å². The molecule has 0 atom stereocenters. The van der Waals surface area contributed by atoms with Crippen molar-refractivity contribution in [3.63, 3.8) is 0 Å². The number of aromatic nitrogens is 1. The number of benzene rings is 1. The number of fused-ring (bicyclic) bond motifs is 1. The molecule has 2 rings (SSSR count). The molecule has 1 nitrogen and oxygen atoms in total. The number of hydrogen-bond donors (Lipinski definition) is 0. The summed E-state index contributed by atoms with van der Waals surface area (Å²) >= 11 is 3.41. The van der Waals surface area contributed by atoms with Crippen LogP contribution in [0.4, 0.5) is 13.2 Å². The second kappa shape index (κ2) is 5.87. The van der Waals surface area contributed by atoms with E-state index in [0.29, 0.717) is 11.5 Å². The first-order chi connectivity index (χ1) is 9.68. The lowest BCUT2D eigenvalue weighted by atomic mass is 10.1. The van der Waals surface area contributed by atoms with E-state index in [4.69, 9.17) is 0 Å². The normalized spacial score (nSPS) is 12.3. The number of nitrogens with zero attached hydrogens (tertiary/aromatic N) is 1. The van der Waals surface area contributed by atoms with Crippen molar-refractivity contribution in [3.05, 3.63) is 46.6 Å². The summed E-state index contributed by atoms with van der Waals surface area (Å²) in [5.41, 5.74) is 0.901.